The van der Waals surface area contributed by atoms with E-state index in [4.69, 9.17) is 21.1 Å². The second-order valence-corrected chi connectivity index (χ2v) is 5.97. The van der Waals surface area contributed by atoms with Crippen LogP contribution in [0.2, 0.25) is 5.15 Å². The average Bonchev–Trinajstić information content (AvgIpc) is 2.55. The van der Waals surface area contributed by atoms with Crippen molar-refractivity contribution in [2.45, 2.75) is 25.9 Å². The Kier molecular flexibility index (Phi) is 4.64. The van der Waals surface area contributed by atoms with Crippen LogP contribution in [0.1, 0.15) is 19.8 Å². The highest BCUT2D eigenvalue weighted by molar-refractivity contribution is 6.34. The van der Waals surface area contributed by atoms with E-state index in [0.29, 0.717) is 22.6 Å². The monoisotopic (exact) mass is 321 g/mol. The molecule has 2 unspecified atom stereocenters. The summed E-state index contributed by atoms with van der Waals surface area (Å²) >= 11 is 6.11. The SMILES string of the molecule is COc1cc2c(Cl)ncnc2cc1OC(C)C1CCCNC1. The number of benzene rings is 1. The van der Waals surface area contributed by atoms with Gasteiger partial charge in [0.2, 0.25) is 0 Å². The molecule has 0 radical (unpaired) electrons. The fraction of sp³-hybridized carbons (Fsp3) is 0.500. The van der Waals surface area contributed by atoms with Gasteiger partial charge in [0, 0.05) is 23.9 Å². The lowest BCUT2D eigenvalue weighted by atomic mass is 9.94. The van der Waals surface area contributed by atoms with E-state index in [1.54, 1.807) is 7.11 Å². The van der Waals surface area contributed by atoms with Gasteiger partial charge in [0.1, 0.15) is 17.6 Å². The summed E-state index contributed by atoms with van der Waals surface area (Å²) in [5.74, 6) is 1.85. The third-order valence-corrected chi connectivity index (χ3v) is 4.49. The predicted octanol–water partition coefficient (Wildman–Crippen LogP) is 3.06. The van der Waals surface area contributed by atoms with Crippen molar-refractivity contribution in [1.29, 1.82) is 0 Å². The van der Waals surface area contributed by atoms with E-state index in [9.17, 15) is 0 Å². The number of fused-ring (bicyclic) bond motifs is 1. The summed E-state index contributed by atoms with van der Waals surface area (Å²) < 4.78 is 11.6. The van der Waals surface area contributed by atoms with Crippen molar-refractivity contribution in [3.05, 3.63) is 23.6 Å². The minimum absolute atomic E-state index is 0.108. The van der Waals surface area contributed by atoms with Crippen LogP contribution >= 0.6 is 11.6 Å². The zero-order chi connectivity index (χ0) is 15.5. The van der Waals surface area contributed by atoms with Crippen molar-refractivity contribution >= 4 is 22.5 Å². The first kappa shape index (κ1) is 15.3. The van der Waals surface area contributed by atoms with Crippen molar-refractivity contribution in [3.8, 4) is 11.5 Å². The number of ether oxygens (including phenoxy) is 2. The Morgan fingerprint density at radius 3 is 2.91 bits per heavy atom. The number of hydrogen-bond donors (Lipinski definition) is 1. The number of nitrogens with one attached hydrogen (secondary N) is 1. The molecule has 0 amide bonds. The van der Waals surface area contributed by atoms with E-state index in [0.717, 1.165) is 24.0 Å². The van der Waals surface area contributed by atoms with Gasteiger partial charge in [0.05, 0.1) is 12.6 Å². The van der Waals surface area contributed by atoms with E-state index < -0.39 is 0 Å². The quantitative estimate of drug-likeness (QED) is 0.877. The molecule has 0 saturated carbocycles. The highest BCUT2D eigenvalue weighted by Crippen LogP contribution is 2.35. The minimum atomic E-state index is 0.108. The van der Waals surface area contributed by atoms with Crippen LogP contribution in [0.4, 0.5) is 0 Å². The van der Waals surface area contributed by atoms with Crippen LogP contribution in [0.15, 0.2) is 18.5 Å². The number of methoxy groups -OCH3 is 1. The fourth-order valence-electron chi connectivity index (χ4n) is 2.86. The molecule has 22 heavy (non-hydrogen) atoms. The molecular formula is C16H20ClN3O2. The zero-order valence-electron chi connectivity index (χ0n) is 12.8. The van der Waals surface area contributed by atoms with Crippen LogP contribution in [0.3, 0.4) is 0 Å². The summed E-state index contributed by atoms with van der Waals surface area (Å²) in [5.41, 5.74) is 0.754. The molecule has 1 aromatic carbocycles. The normalized spacial score (nSPS) is 19.9. The molecular weight excluding hydrogens is 302 g/mol. The molecule has 5 nitrogen and oxygen atoms in total. The third-order valence-electron chi connectivity index (χ3n) is 4.18. The molecule has 0 aliphatic carbocycles. The van der Waals surface area contributed by atoms with E-state index in [1.165, 1.54) is 19.2 Å². The Morgan fingerprint density at radius 1 is 1.32 bits per heavy atom. The topological polar surface area (TPSA) is 56.3 Å². The maximum absolute atomic E-state index is 6.16. The molecule has 0 bridgehead atoms. The lowest BCUT2D eigenvalue weighted by Gasteiger charge is -2.29. The maximum Gasteiger partial charge on any atom is 0.163 e. The Hall–Kier alpha value is -1.59. The van der Waals surface area contributed by atoms with Crippen LogP contribution in [-0.2, 0) is 0 Å². The molecule has 0 spiro atoms. The maximum atomic E-state index is 6.16. The molecule has 3 rings (SSSR count). The first-order valence-corrected chi connectivity index (χ1v) is 7.92. The molecule has 2 aromatic rings. The number of halogens is 1. The van der Waals surface area contributed by atoms with Crippen LogP contribution in [0.25, 0.3) is 10.9 Å². The summed E-state index contributed by atoms with van der Waals surface area (Å²) in [6.07, 6.45) is 3.93. The van der Waals surface area contributed by atoms with Gasteiger partial charge in [0.25, 0.3) is 0 Å². The number of aromatic nitrogens is 2. The Balaban J connectivity index is 1.88. The van der Waals surface area contributed by atoms with Gasteiger partial charge in [-0.1, -0.05) is 11.6 Å². The second kappa shape index (κ2) is 6.67. The summed E-state index contributed by atoms with van der Waals surface area (Å²) in [6.45, 7) is 4.19. The predicted molar refractivity (Wildman–Crippen MR) is 86.8 cm³/mol. The van der Waals surface area contributed by atoms with Gasteiger partial charge in [-0.25, -0.2) is 9.97 Å². The van der Waals surface area contributed by atoms with E-state index in [2.05, 4.69) is 22.2 Å². The largest absolute Gasteiger partial charge is 0.493 e. The fourth-order valence-corrected chi connectivity index (χ4v) is 3.06. The summed E-state index contributed by atoms with van der Waals surface area (Å²) in [7, 11) is 1.62. The first-order valence-electron chi connectivity index (χ1n) is 7.54. The van der Waals surface area contributed by atoms with Crippen molar-refractivity contribution < 1.29 is 9.47 Å². The van der Waals surface area contributed by atoms with Crippen LogP contribution in [-0.4, -0.2) is 36.3 Å². The standard InChI is InChI=1S/C16H20ClN3O2/c1-10(11-4-3-5-18-8-11)22-15-7-13-12(6-14(15)21-2)16(17)20-9-19-13/h6-7,9-11,18H,3-5,8H2,1-2H3. The van der Waals surface area contributed by atoms with Crippen LogP contribution < -0.4 is 14.8 Å². The number of piperidine rings is 1. The highest BCUT2D eigenvalue weighted by Gasteiger charge is 2.22. The van der Waals surface area contributed by atoms with Crippen molar-refractivity contribution in [3.63, 3.8) is 0 Å². The minimum Gasteiger partial charge on any atom is -0.493 e. The lowest BCUT2D eigenvalue weighted by molar-refractivity contribution is 0.127. The van der Waals surface area contributed by atoms with Crippen molar-refractivity contribution in [2.75, 3.05) is 20.2 Å². The molecule has 1 aliphatic heterocycles. The van der Waals surface area contributed by atoms with Gasteiger partial charge < -0.3 is 14.8 Å². The number of hydrogen-bond acceptors (Lipinski definition) is 5. The van der Waals surface area contributed by atoms with E-state index in [1.807, 2.05) is 12.1 Å². The number of nitrogens with zero attached hydrogens (tertiary/aromatic N) is 2. The van der Waals surface area contributed by atoms with Gasteiger partial charge >= 0.3 is 0 Å². The smallest absolute Gasteiger partial charge is 0.163 e. The Morgan fingerprint density at radius 2 is 2.18 bits per heavy atom. The molecule has 118 valence electrons. The molecule has 1 fully saturated rings. The summed E-state index contributed by atoms with van der Waals surface area (Å²) in [5, 5.41) is 4.60. The van der Waals surface area contributed by atoms with E-state index >= 15 is 0 Å². The Bertz CT molecular complexity index is 659. The van der Waals surface area contributed by atoms with Gasteiger partial charge in [-0.2, -0.15) is 0 Å². The molecule has 1 N–H and O–H groups in total. The van der Waals surface area contributed by atoms with Crippen LogP contribution in [0.5, 0.6) is 11.5 Å². The third kappa shape index (κ3) is 3.10. The van der Waals surface area contributed by atoms with Gasteiger partial charge in [-0.3, -0.25) is 0 Å². The van der Waals surface area contributed by atoms with E-state index in [-0.39, 0.29) is 6.10 Å². The lowest BCUT2D eigenvalue weighted by Crippen LogP contribution is -2.37. The van der Waals surface area contributed by atoms with Gasteiger partial charge in [-0.15, -0.1) is 0 Å². The molecule has 1 aliphatic rings. The second-order valence-electron chi connectivity index (χ2n) is 5.61. The molecule has 6 heteroatoms. The number of rotatable bonds is 4. The summed E-state index contributed by atoms with van der Waals surface area (Å²) in [4.78, 5) is 8.25. The average molecular weight is 322 g/mol. The van der Waals surface area contributed by atoms with Gasteiger partial charge in [0.15, 0.2) is 11.5 Å². The summed E-state index contributed by atoms with van der Waals surface area (Å²) in [6, 6.07) is 3.70. The van der Waals surface area contributed by atoms with Crippen molar-refractivity contribution in [1.82, 2.24) is 15.3 Å². The molecule has 2 atom stereocenters. The molecule has 1 saturated heterocycles. The zero-order valence-corrected chi connectivity index (χ0v) is 13.6. The highest BCUT2D eigenvalue weighted by atomic mass is 35.5. The van der Waals surface area contributed by atoms with Crippen LogP contribution in [0, 0.1) is 5.92 Å². The first-order chi connectivity index (χ1) is 10.7. The van der Waals surface area contributed by atoms with Crippen molar-refractivity contribution in [2.24, 2.45) is 5.92 Å². The molecule has 1 aromatic heterocycles. The molecule has 2 heterocycles. The van der Waals surface area contributed by atoms with Gasteiger partial charge in [-0.05, 0) is 32.4 Å². The Labute approximate surface area is 135 Å².